The minimum absolute atomic E-state index is 0.292. The van der Waals surface area contributed by atoms with Crippen LogP contribution in [-0.4, -0.2) is 28.2 Å². The number of nitrogens with zero attached hydrogens (tertiary/aromatic N) is 3. The van der Waals surface area contributed by atoms with E-state index in [0.717, 1.165) is 5.69 Å². The largest absolute Gasteiger partial charge is 0.354 e. The molecule has 0 radical (unpaired) electrons. The Balaban J connectivity index is 2.05. The van der Waals surface area contributed by atoms with Gasteiger partial charge in [-0.3, -0.25) is 14.4 Å². The minimum atomic E-state index is -0.425. The van der Waals surface area contributed by atoms with Gasteiger partial charge in [0.2, 0.25) is 0 Å². The van der Waals surface area contributed by atoms with E-state index in [2.05, 4.69) is 16.2 Å². The molecule has 2 aromatic carbocycles. The molecule has 6 heteroatoms. The van der Waals surface area contributed by atoms with Crippen molar-refractivity contribution in [3.63, 3.8) is 0 Å². The second kappa shape index (κ2) is 6.78. The van der Waals surface area contributed by atoms with E-state index in [1.807, 2.05) is 23.6 Å². The average molecular weight is 372 g/mol. The van der Waals surface area contributed by atoms with Crippen molar-refractivity contribution in [3.8, 4) is 18.0 Å². The van der Waals surface area contributed by atoms with E-state index in [0.29, 0.717) is 33.8 Å². The molecule has 0 unspecified atom stereocenters. The molecule has 28 heavy (non-hydrogen) atoms. The van der Waals surface area contributed by atoms with Gasteiger partial charge in [-0.2, -0.15) is 0 Å². The molecular weight excluding hydrogens is 355 g/mol. The molecule has 0 spiro atoms. The monoisotopic (exact) mass is 372 g/mol. The number of halogens is 1. The van der Waals surface area contributed by atoms with Gasteiger partial charge >= 0.3 is 0 Å². The third kappa shape index (κ3) is 2.69. The van der Waals surface area contributed by atoms with Crippen molar-refractivity contribution in [1.82, 2.24) is 14.9 Å². The van der Waals surface area contributed by atoms with Crippen LogP contribution in [0.25, 0.3) is 5.69 Å². The van der Waals surface area contributed by atoms with Crippen LogP contribution >= 0.6 is 0 Å². The van der Waals surface area contributed by atoms with Crippen molar-refractivity contribution in [2.24, 2.45) is 4.99 Å². The van der Waals surface area contributed by atoms with Gasteiger partial charge < -0.3 is 5.32 Å². The lowest BCUT2D eigenvalue weighted by Crippen LogP contribution is -2.20. The van der Waals surface area contributed by atoms with E-state index in [-0.39, 0.29) is 11.7 Å². The first-order valence-corrected chi connectivity index (χ1v) is 8.78. The first-order valence-electron chi connectivity index (χ1n) is 8.78. The van der Waals surface area contributed by atoms with Crippen LogP contribution in [0.3, 0.4) is 0 Å². The molecule has 4 rings (SSSR count). The Morgan fingerprint density at radius 3 is 2.75 bits per heavy atom. The van der Waals surface area contributed by atoms with Crippen LogP contribution in [0.5, 0.6) is 0 Å². The minimum Gasteiger partial charge on any atom is -0.354 e. The molecule has 5 nitrogen and oxygen atoms in total. The van der Waals surface area contributed by atoms with Crippen LogP contribution in [0.1, 0.15) is 45.8 Å². The number of aromatic nitrogens is 2. The fraction of sp³-hybridized carbons (Fsp3) is 0.136. The number of rotatable bonds is 2. The van der Waals surface area contributed by atoms with Crippen molar-refractivity contribution in [3.05, 3.63) is 82.7 Å². The summed E-state index contributed by atoms with van der Waals surface area (Å²) in [5, 5.41) is 2.60. The highest BCUT2D eigenvalue weighted by Crippen LogP contribution is 2.33. The molecule has 0 saturated heterocycles. The predicted octanol–water partition coefficient (Wildman–Crippen LogP) is 3.26. The van der Waals surface area contributed by atoms with Crippen molar-refractivity contribution < 1.29 is 9.18 Å². The number of terminal acetylenes is 1. The molecule has 1 aliphatic rings. The Labute approximate surface area is 162 Å². The SMILES string of the molecule is C#Cc1ccc2c(c1)C(c1ccccc1F)=N[C@H](C)c1c(C(=O)NC)ncn1-2. The van der Waals surface area contributed by atoms with Crippen LogP contribution < -0.4 is 5.32 Å². The Kier molecular flexibility index (Phi) is 4.28. The Bertz CT molecular complexity index is 1170. The van der Waals surface area contributed by atoms with Gasteiger partial charge in [0.1, 0.15) is 12.1 Å². The first-order chi connectivity index (χ1) is 13.5. The molecule has 138 valence electrons. The predicted molar refractivity (Wildman–Crippen MR) is 105 cm³/mol. The summed E-state index contributed by atoms with van der Waals surface area (Å²) in [5.74, 6) is 1.94. The van der Waals surface area contributed by atoms with Gasteiger partial charge in [0, 0.05) is 23.7 Å². The van der Waals surface area contributed by atoms with Crippen LogP contribution in [0.4, 0.5) is 4.39 Å². The number of aliphatic imine (C=N–C) groups is 1. The number of hydrogen-bond acceptors (Lipinski definition) is 3. The van der Waals surface area contributed by atoms with Gasteiger partial charge in [0.15, 0.2) is 5.69 Å². The third-order valence-corrected chi connectivity index (χ3v) is 4.77. The zero-order chi connectivity index (χ0) is 19.8. The Hall–Kier alpha value is -3.72. The Morgan fingerprint density at radius 2 is 2.04 bits per heavy atom. The van der Waals surface area contributed by atoms with Crippen LogP contribution in [0, 0.1) is 18.2 Å². The highest BCUT2D eigenvalue weighted by Gasteiger charge is 2.29. The lowest BCUT2D eigenvalue weighted by molar-refractivity contribution is 0.0957. The highest BCUT2D eigenvalue weighted by atomic mass is 19.1. The molecule has 1 aliphatic heterocycles. The lowest BCUT2D eigenvalue weighted by Gasteiger charge is -2.13. The van der Waals surface area contributed by atoms with E-state index >= 15 is 0 Å². The summed E-state index contributed by atoms with van der Waals surface area (Å²) in [6, 6.07) is 11.5. The van der Waals surface area contributed by atoms with Gasteiger partial charge in [-0.15, -0.1) is 6.42 Å². The number of carbonyl (C=O) groups excluding carboxylic acids is 1. The van der Waals surface area contributed by atoms with Crippen LogP contribution in [0.15, 0.2) is 53.8 Å². The lowest BCUT2D eigenvalue weighted by atomic mass is 9.98. The molecule has 0 fully saturated rings. The number of hydrogen-bond donors (Lipinski definition) is 1. The third-order valence-electron chi connectivity index (χ3n) is 4.77. The van der Waals surface area contributed by atoms with Crippen molar-refractivity contribution in [2.75, 3.05) is 7.05 Å². The molecule has 1 amide bonds. The molecule has 1 atom stereocenters. The molecule has 1 aromatic heterocycles. The van der Waals surface area contributed by atoms with Crippen molar-refractivity contribution in [2.45, 2.75) is 13.0 Å². The number of amides is 1. The molecule has 0 saturated carbocycles. The summed E-state index contributed by atoms with van der Waals surface area (Å²) in [6.45, 7) is 1.86. The summed E-state index contributed by atoms with van der Waals surface area (Å²) < 4.78 is 16.4. The quantitative estimate of drug-likeness (QED) is 0.702. The average Bonchev–Trinajstić information content (AvgIpc) is 3.12. The molecule has 1 N–H and O–H groups in total. The maximum atomic E-state index is 14.6. The van der Waals surface area contributed by atoms with Gasteiger partial charge in [-0.1, -0.05) is 18.1 Å². The molecule has 3 aromatic rings. The standard InChI is InChI=1S/C22H17FN4O/c1-4-14-9-10-18-16(11-14)19(15-7-5-6-8-17(15)23)26-13(2)21-20(22(28)24-3)25-12-27(18)21/h1,5-13H,2-3H3,(H,24,28)/t13-/m1/s1. The zero-order valence-corrected chi connectivity index (χ0v) is 15.4. The normalized spacial score (nSPS) is 14.9. The maximum Gasteiger partial charge on any atom is 0.271 e. The van der Waals surface area contributed by atoms with Crippen LogP contribution in [0.2, 0.25) is 0 Å². The van der Waals surface area contributed by atoms with Crippen molar-refractivity contribution >= 4 is 11.6 Å². The fourth-order valence-corrected chi connectivity index (χ4v) is 3.46. The number of imidazole rings is 1. The summed E-state index contributed by atoms with van der Waals surface area (Å²) in [6.07, 6.45) is 7.17. The fourth-order valence-electron chi connectivity index (χ4n) is 3.46. The van der Waals surface area contributed by atoms with Gasteiger partial charge in [0.25, 0.3) is 5.91 Å². The van der Waals surface area contributed by atoms with Crippen molar-refractivity contribution in [1.29, 1.82) is 0 Å². The van der Waals surface area contributed by atoms with E-state index in [1.54, 1.807) is 37.6 Å². The van der Waals surface area contributed by atoms with Gasteiger partial charge in [-0.05, 0) is 37.3 Å². The summed E-state index contributed by atoms with van der Waals surface area (Å²) in [5.41, 5.74) is 3.88. The van der Waals surface area contributed by atoms with E-state index < -0.39 is 6.04 Å². The number of carbonyl (C=O) groups is 1. The first kappa shape index (κ1) is 17.7. The summed E-state index contributed by atoms with van der Waals surface area (Å²) in [7, 11) is 1.55. The van der Waals surface area contributed by atoms with E-state index in [1.165, 1.54) is 6.07 Å². The maximum absolute atomic E-state index is 14.6. The number of fused-ring (bicyclic) bond motifs is 3. The molecular formula is C22H17FN4O. The second-order valence-electron chi connectivity index (χ2n) is 6.44. The van der Waals surface area contributed by atoms with E-state index in [4.69, 9.17) is 11.4 Å². The zero-order valence-electron chi connectivity index (χ0n) is 15.4. The molecule has 0 aliphatic carbocycles. The van der Waals surface area contributed by atoms with Gasteiger partial charge in [-0.25, -0.2) is 9.37 Å². The molecule has 2 heterocycles. The summed E-state index contributed by atoms with van der Waals surface area (Å²) >= 11 is 0. The van der Waals surface area contributed by atoms with E-state index in [9.17, 15) is 9.18 Å². The smallest absolute Gasteiger partial charge is 0.271 e. The number of nitrogens with one attached hydrogen (secondary N) is 1. The Morgan fingerprint density at radius 1 is 1.25 bits per heavy atom. The number of benzene rings is 2. The van der Waals surface area contributed by atoms with Crippen LogP contribution in [-0.2, 0) is 0 Å². The van der Waals surface area contributed by atoms with Gasteiger partial charge in [0.05, 0.1) is 23.1 Å². The second-order valence-corrected chi connectivity index (χ2v) is 6.44. The topological polar surface area (TPSA) is 59.3 Å². The summed E-state index contributed by atoms with van der Waals surface area (Å²) in [4.78, 5) is 21.4. The highest BCUT2D eigenvalue weighted by molar-refractivity contribution is 6.15. The molecule has 0 bridgehead atoms.